The molecule has 5 heteroatoms. The number of anilines is 1. The van der Waals surface area contributed by atoms with Crippen molar-refractivity contribution >= 4 is 29.3 Å². The van der Waals surface area contributed by atoms with Crippen molar-refractivity contribution in [1.29, 1.82) is 0 Å². The van der Waals surface area contributed by atoms with Gasteiger partial charge in [-0.15, -0.1) is 11.8 Å². The first kappa shape index (κ1) is 15.4. The molecule has 0 spiro atoms. The van der Waals surface area contributed by atoms with Gasteiger partial charge in [0.25, 0.3) is 5.91 Å². The molecule has 3 rings (SSSR count). The Kier molecular flexibility index (Phi) is 3.93. The number of rotatable bonds is 3. The summed E-state index contributed by atoms with van der Waals surface area (Å²) in [7, 11) is 0. The smallest absolute Gasteiger partial charge is 0.250 e. The van der Waals surface area contributed by atoms with E-state index in [2.05, 4.69) is 6.92 Å². The molecule has 0 bridgehead atoms. The molecule has 2 amide bonds. The fraction of sp³-hybridized carbons (Fsp3) is 0.529. The van der Waals surface area contributed by atoms with Crippen LogP contribution >= 0.6 is 11.8 Å². The lowest BCUT2D eigenvalue weighted by Crippen LogP contribution is -2.53. The summed E-state index contributed by atoms with van der Waals surface area (Å²) in [4.78, 5) is 28.8. The standard InChI is InChI=1S/C17H22N2O2S/c1-12(2)18(13-7-5-4-6-8-13)16(21)14-11-22-17(3)10-9-15(20)19(14)17/h4-8,12,14H,9-11H2,1-3H3. The van der Waals surface area contributed by atoms with Crippen LogP contribution in [0.4, 0.5) is 5.69 Å². The minimum atomic E-state index is -0.340. The summed E-state index contributed by atoms with van der Waals surface area (Å²) < 4.78 is 0. The monoisotopic (exact) mass is 318 g/mol. The number of carbonyl (C=O) groups is 2. The minimum Gasteiger partial charge on any atom is -0.315 e. The van der Waals surface area contributed by atoms with E-state index in [9.17, 15) is 9.59 Å². The number of thioether (sulfide) groups is 1. The summed E-state index contributed by atoms with van der Waals surface area (Å²) in [6.07, 6.45) is 1.40. The fourth-order valence-electron chi connectivity index (χ4n) is 3.43. The molecule has 0 aromatic heterocycles. The van der Waals surface area contributed by atoms with Crippen molar-refractivity contribution in [2.45, 2.75) is 50.6 Å². The minimum absolute atomic E-state index is 0.0349. The quantitative estimate of drug-likeness (QED) is 0.860. The lowest BCUT2D eigenvalue weighted by Gasteiger charge is -2.34. The van der Waals surface area contributed by atoms with Crippen molar-refractivity contribution in [3.05, 3.63) is 30.3 Å². The normalized spacial score (nSPS) is 27.4. The molecule has 22 heavy (non-hydrogen) atoms. The second-order valence-electron chi connectivity index (χ2n) is 6.40. The number of hydrogen-bond donors (Lipinski definition) is 0. The van der Waals surface area contributed by atoms with Crippen molar-refractivity contribution < 1.29 is 9.59 Å². The zero-order chi connectivity index (χ0) is 15.9. The predicted octanol–water partition coefficient (Wildman–Crippen LogP) is 2.88. The van der Waals surface area contributed by atoms with E-state index in [4.69, 9.17) is 0 Å². The Morgan fingerprint density at radius 2 is 2.05 bits per heavy atom. The first-order chi connectivity index (χ1) is 10.4. The van der Waals surface area contributed by atoms with E-state index in [1.54, 1.807) is 11.8 Å². The van der Waals surface area contributed by atoms with Crippen LogP contribution in [-0.4, -0.2) is 39.4 Å². The number of nitrogens with zero attached hydrogens (tertiary/aromatic N) is 2. The van der Waals surface area contributed by atoms with Crippen molar-refractivity contribution in [1.82, 2.24) is 4.90 Å². The molecule has 1 aromatic carbocycles. The molecule has 2 heterocycles. The highest BCUT2D eigenvalue weighted by molar-refractivity contribution is 8.01. The van der Waals surface area contributed by atoms with Gasteiger partial charge in [0.05, 0.1) is 4.87 Å². The molecule has 2 aliphatic rings. The maximum atomic E-state index is 13.1. The largest absolute Gasteiger partial charge is 0.315 e. The van der Waals surface area contributed by atoms with Crippen molar-refractivity contribution in [2.75, 3.05) is 10.7 Å². The molecule has 2 unspecified atom stereocenters. The molecule has 0 N–H and O–H groups in total. The molecular formula is C17H22N2O2S. The van der Waals surface area contributed by atoms with Crippen LogP contribution in [0.2, 0.25) is 0 Å². The second-order valence-corrected chi connectivity index (χ2v) is 7.90. The Hall–Kier alpha value is -1.49. The first-order valence-corrected chi connectivity index (χ1v) is 8.77. The average molecular weight is 318 g/mol. The topological polar surface area (TPSA) is 40.6 Å². The maximum Gasteiger partial charge on any atom is 0.250 e. The van der Waals surface area contributed by atoms with E-state index >= 15 is 0 Å². The van der Waals surface area contributed by atoms with Crippen LogP contribution in [0.5, 0.6) is 0 Å². The summed E-state index contributed by atoms with van der Waals surface area (Å²) in [5.41, 5.74) is 0.896. The summed E-state index contributed by atoms with van der Waals surface area (Å²) in [6, 6.07) is 9.44. The molecule has 2 atom stereocenters. The molecule has 2 saturated heterocycles. The first-order valence-electron chi connectivity index (χ1n) is 7.78. The summed E-state index contributed by atoms with van der Waals surface area (Å²) in [5.74, 6) is 0.840. The third-order valence-electron chi connectivity index (χ3n) is 4.52. The molecule has 0 aliphatic carbocycles. The average Bonchev–Trinajstić information content (AvgIpc) is 2.97. The van der Waals surface area contributed by atoms with Gasteiger partial charge >= 0.3 is 0 Å². The van der Waals surface area contributed by atoms with E-state index < -0.39 is 0 Å². The van der Waals surface area contributed by atoms with Gasteiger partial charge in [-0.3, -0.25) is 9.59 Å². The number of amides is 2. The SMILES string of the molecule is CC(C)N(C(=O)C1CSC2(C)CCC(=O)N12)c1ccccc1. The number of carbonyl (C=O) groups excluding carboxylic acids is 2. The molecule has 4 nitrogen and oxygen atoms in total. The molecule has 0 saturated carbocycles. The van der Waals surface area contributed by atoms with Crippen LogP contribution in [0.15, 0.2) is 30.3 Å². The number of fused-ring (bicyclic) bond motifs is 1. The zero-order valence-electron chi connectivity index (χ0n) is 13.3. The van der Waals surface area contributed by atoms with Crippen LogP contribution in [0, 0.1) is 0 Å². The third kappa shape index (κ3) is 2.41. The van der Waals surface area contributed by atoms with Gasteiger partial charge in [-0.05, 0) is 39.3 Å². The molecule has 2 aliphatic heterocycles. The zero-order valence-corrected chi connectivity index (χ0v) is 14.1. The second kappa shape index (κ2) is 5.61. The van der Waals surface area contributed by atoms with Gasteiger partial charge < -0.3 is 9.80 Å². The lowest BCUT2D eigenvalue weighted by molar-refractivity contribution is -0.137. The molecule has 1 aromatic rings. The van der Waals surface area contributed by atoms with Gasteiger partial charge in [0.1, 0.15) is 6.04 Å². The maximum absolute atomic E-state index is 13.1. The summed E-state index contributed by atoms with van der Waals surface area (Å²) in [5, 5.41) is 0. The fourth-order valence-corrected chi connectivity index (χ4v) is 4.86. The van der Waals surface area contributed by atoms with Gasteiger partial charge in [0.2, 0.25) is 5.91 Å². The molecule has 0 radical (unpaired) electrons. The van der Waals surface area contributed by atoms with Crippen molar-refractivity contribution in [3.8, 4) is 0 Å². The van der Waals surface area contributed by atoms with Gasteiger partial charge in [-0.1, -0.05) is 18.2 Å². The Balaban J connectivity index is 1.90. The highest BCUT2D eigenvalue weighted by atomic mass is 32.2. The summed E-state index contributed by atoms with van der Waals surface area (Å²) >= 11 is 1.74. The van der Waals surface area contributed by atoms with Gasteiger partial charge in [0, 0.05) is 23.9 Å². The van der Waals surface area contributed by atoms with E-state index in [0.717, 1.165) is 12.1 Å². The predicted molar refractivity (Wildman–Crippen MR) is 89.8 cm³/mol. The van der Waals surface area contributed by atoms with Crippen LogP contribution < -0.4 is 4.90 Å². The highest BCUT2D eigenvalue weighted by Crippen LogP contribution is 2.47. The molecule has 2 fully saturated rings. The van der Waals surface area contributed by atoms with Crippen LogP contribution in [-0.2, 0) is 9.59 Å². The Bertz CT molecular complexity index is 590. The number of para-hydroxylation sites is 1. The van der Waals surface area contributed by atoms with Crippen molar-refractivity contribution in [3.63, 3.8) is 0 Å². The molecule has 118 valence electrons. The summed E-state index contributed by atoms with van der Waals surface area (Å²) in [6.45, 7) is 6.11. The van der Waals surface area contributed by atoms with Crippen LogP contribution in [0.25, 0.3) is 0 Å². The van der Waals surface area contributed by atoms with E-state index in [1.807, 2.05) is 54.0 Å². The van der Waals surface area contributed by atoms with Gasteiger partial charge in [-0.25, -0.2) is 0 Å². The van der Waals surface area contributed by atoms with E-state index in [1.165, 1.54) is 0 Å². The molecular weight excluding hydrogens is 296 g/mol. The number of hydrogen-bond acceptors (Lipinski definition) is 3. The van der Waals surface area contributed by atoms with Gasteiger partial charge in [0.15, 0.2) is 0 Å². The Labute approximate surface area is 135 Å². The third-order valence-corrected chi connectivity index (χ3v) is 6.02. The number of benzene rings is 1. The van der Waals surface area contributed by atoms with Crippen LogP contribution in [0.3, 0.4) is 0 Å². The Morgan fingerprint density at radius 3 is 2.68 bits per heavy atom. The van der Waals surface area contributed by atoms with E-state index in [-0.39, 0.29) is 28.8 Å². The lowest BCUT2D eigenvalue weighted by atomic mass is 10.1. The Morgan fingerprint density at radius 1 is 1.36 bits per heavy atom. The van der Waals surface area contributed by atoms with Gasteiger partial charge in [-0.2, -0.15) is 0 Å². The van der Waals surface area contributed by atoms with E-state index in [0.29, 0.717) is 12.2 Å². The van der Waals surface area contributed by atoms with Crippen molar-refractivity contribution in [2.24, 2.45) is 0 Å². The van der Waals surface area contributed by atoms with Crippen LogP contribution in [0.1, 0.15) is 33.6 Å². The highest BCUT2D eigenvalue weighted by Gasteiger charge is 2.53.